The van der Waals surface area contributed by atoms with Gasteiger partial charge in [0.15, 0.2) is 0 Å². The molecule has 110 valence electrons. The summed E-state index contributed by atoms with van der Waals surface area (Å²) in [5.41, 5.74) is 0.632. The molecular formula is C13H12BrN3O3S. The van der Waals surface area contributed by atoms with Crippen LogP contribution in [0, 0.1) is 10.1 Å². The van der Waals surface area contributed by atoms with Gasteiger partial charge in [-0.1, -0.05) is 0 Å². The van der Waals surface area contributed by atoms with Crippen LogP contribution in [0.25, 0.3) is 0 Å². The van der Waals surface area contributed by atoms with Crippen molar-refractivity contribution in [3.8, 4) is 0 Å². The maximum atomic E-state index is 11.6. The zero-order chi connectivity index (χ0) is 15.4. The molecule has 0 aliphatic heterocycles. The molecule has 0 unspecified atom stereocenters. The predicted molar refractivity (Wildman–Crippen MR) is 85.8 cm³/mol. The van der Waals surface area contributed by atoms with Crippen LogP contribution in [0.5, 0.6) is 0 Å². The van der Waals surface area contributed by atoms with E-state index in [-0.39, 0.29) is 11.6 Å². The zero-order valence-electron chi connectivity index (χ0n) is 11.1. The van der Waals surface area contributed by atoms with Crippen LogP contribution in [0.15, 0.2) is 34.1 Å². The molecule has 0 saturated carbocycles. The summed E-state index contributed by atoms with van der Waals surface area (Å²) in [6, 6.07) is 6.16. The summed E-state index contributed by atoms with van der Waals surface area (Å²) in [5, 5.41) is 18.5. The topological polar surface area (TPSA) is 84.3 Å². The largest absolute Gasteiger partial charge is 0.375 e. The summed E-state index contributed by atoms with van der Waals surface area (Å²) < 4.78 is 0.949. The molecule has 0 bridgehead atoms. The summed E-state index contributed by atoms with van der Waals surface area (Å²) in [4.78, 5) is 23.2. The molecule has 1 aromatic heterocycles. The Labute approximate surface area is 133 Å². The summed E-state index contributed by atoms with van der Waals surface area (Å²) in [7, 11) is 1.51. The van der Waals surface area contributed by atoms with E-state index < -0.39 is 4.92 Å². The molecular weight excluding hydrogens is 358 g/mol. The number of halogens is 1. The molecule has 0 saturated heterocycles. The first-order valence-electron chi connectivity index (χ1n) is 5.99. The number of anilines is 1. The molecule has 21 heavy (non-hydrogen) atoms. The first kappa shape index (κ1) is 15.5. The highest BCUT2D eigenvalue weighted by molar-refractivity contribution is 9.10. The number of thiophene rings is 1. The van der Waals surface area contributed by atoms with Crippen molar-refractivity contribution in [1.29, 1.82) is 0 Å². The highest BCUT2D eigenvalue weighted by Gasteiger charge is 2.16. The summed E-state index contributed by atoms with van der Waals surface area (Å²) in [5.74, 6) is -0.287. The van der Waals surface area contributed by atoms with Crippen molar-refractivity contribution in [2.24, 2.45) is 0 Å². The molecule has 1 aromatic carbocycles. The van der Waals surface area contributed by atoms with Crippen molar-refractivity contribution in [1.82, 2.24) is 5.32 Å². The van der Waals surface area contributed by atoms with Gasteiger partial charge in [0.05, 0.1) is 11.5 Å². The minimum Gasteiger partial charge on any atom is -0.375 e. The van der Waals surface area contributed by atoms with Crippen molar-refractivity contribution >= 4 is 44.5 Å². The van der Waals surface area contributed by atoms with E-state index >= 15 is 0 Å². The second-order valence-corrected chi connectivity index (χ2v) is 5.97. The van der Waals surface area contributed by atoms with E-state index in [4.69, 9.17) is 0 Å². The quantitative estimate of drug-likeness (QED) is 0.624. The van der Waals surface area contributed by atoms with E-state index in [0.29, 0.717) is 17.8 Å². The molecule has 0 aliphatic carbocycles. The van der Waals surface area contributed by atoms with Crippen LogP contribution < -0.4 is 10.6 Å². The Kier molecular flexibility index (Phi) is 4.92. The lowest BCUT2D eigenvalue weighted by molar-refractivity contribution is -0.384. The van der Waals surface area contributed by atoms with Crippen molar-refractivity contribution in [2.75, 3.05) is 12.4 Å². The van der Waals surface area contributed by atoms with Gasteiger partial charge in [-0.05, 0) is 39.5 Å². The van der Waals surface area contributed by atoms with E-state index in [1.165, 1.54) is 36.6 Å². The van der Waals surface area contributed by atoms with Gasteiger partial charge in [-0.15, -0.1) is 11.3 Å². The number of rotatable bonds is 5. The molecule has 2 aromatic rings. The molecule has 0 spiro atoms. The molecule has 0 radical (unpaired) electrons. The Morgan fingerprint density at radius 1 is 1.43 bits per heavy atom. The molecule has 1 amide bonds. The van der Waals surface area contributed by atoms with Crippen LogP contribution >= 0.6 is 27.3 Å². The van der Waals surface area contributed by atoms with E-state index in [0.717, 1.165) is 9.35 Å². The fourth-order valence-corrected chi connectivity index (χ4v) is 3.18. The molecule has 0 fully saturated rings. The Morgan fingerprint density at radius 2 is 2.19 bits per heavy atom. The van der Waals surface area contributed by atoms with Crippen LogP contribution in [0.2, 0.25) is 0 Å². The second kappa shape index (κ2) is 6.68. The van der Waals surface area contributed by atoms with Crippen molar-refractivity contribution in [3.63, 3.8) is 0 Å². The van der Waals surface area contributed by atoms with Gasteiger partial charge in [0.25, 0.3) is 11.6 Å². The standard InChI is InChI=1S/C13H12BrN3O3S/c1-15-13(18)8-2-3-11(17(19)20)10(6-8)16-7-12-9(14)4-5-21-12/h2-6,16H,7H2,1H3,(H,15,18). The van der Waals surface area contributed by atoms with Crippen LogP contribution in [0.1, 0.15) is 15.2 Å². The van der Waals surface area contributed by atoms with E-state index in [1.54, 1.807) is 0 Å². The minimum atomic E-state index is -0.473. The Balaban J connectivity index is 2.28. The summed E-state index contributed by atoms with van der Waals surface area (Å²) in [6.07, 6.45) is 0. The molecule has 0 atom stereocenters. The maximum Gasteiger partial charge on any atom is 0.292 e. The van der Waals surface area contributed by atoms with Crippen LogP contribution in [0.3, 0.4) is 0 Å². The number of benzene rings is 1. The fraction of sp³-hybridized carbons (Fsp3) is 0.154. The van der Waals surface area contributed by atoms with Gasteiger partial charge < -0.3 is 10.6 Å². The minimum absolute atomic E-state index is 0.0599. The fourth-order valence-electron chi connectivity index (χ4n) is 1.75. The average molecular weight is 370 g/mol. The number of carbonyl (C=O) groups is 1. The van der Waals surface area contributed by atoms with Crippen molar-refractivity contribution in [2.45, 2.75) is 6.54 Å². The number of nitro groups is 1. The summed E-state index contributed by atoms with van der Waals surface area (Å²) >= 11 is 4.95. The van der Waals surface area contributed by atoms with Crippen LogP contribution in [-0.2, 0) is 6.54 Å². The smallest absolute Gasteiger partial charge is 0.292 e. The van der Waals surface area contributed by atoms with Gasteiger partial charge in [0, 0.05) is 28.0 Å². The van der Waals surface area contributed by atoms with Crippen molar-refractivity contribution < 1.29 is 9.72 Å². The third kappa shape index (κ3) is 3.59. The lowest BCUT2D eigenvalue weighted by atomic mass is 10.1. The van der Waals surface area contributed by atoms with Gasteiger partial charge >= 0.3 is 0 Å². The lowest BCUT2D eigenvalue weighted by Gasteiger charge is -2.08. The maximum absolute atomic E-state index is 11.6. The second-order valence-electron chi connectivity index (χ2n) is 4.11. The van der Waals surface area contributed by atoms with E-state index in [9.17, 15) is 14.9 Å². The number of carbonyl (C=O) groups excluding carboxylic acids is 1. The molecule has 0 aliphatic rings. The molecule has 1 heterocycles. The third-order valence-electron chi connectivity index (χ3n) is 2.81. The lowest BCUT2D eigenvalue weighted by Crippen LogP contribution is -2.18. The number of amides is 1. The van der Waals surface area contributed by atoms with Crippen LogP contribution in [-0.4, -0.2) is 17.9 Å². The monoisotopic (exact) mass is 369 g/mol. The Hall–Kier alpha value is -1.93. The number of nitro benzene ring substituents is 1. The van der Waals surface area contributed by atoms with Gasteiger partial charge in [-0.3, -0.25) is 14.9 Å². The number of nitrogens with one attached hydrogen (secondary N) is 2. The molecule has 2 rings (SSSR count). The average Bonchev–Trinajstić information content (AvgIpc) is 2.89. The number of hydrogen-bond acceptors (Lipinski definition) is 5. The van der Waals surface area contributed by atoms with Gasteiger partial charge in [-0.2, -0.15) is 0 Å². The normalized spacial score (nSPS) is 10.2. The van der Waals surface area contributed by atoms with E-state index in [1.807, 2.05) is 11.4 Å². The Morgan fingerprint density at radius 3 is 2.76 bits per heavy atom. The van der Waals surface area contributed by atoms with Gasteiger partial charge in [0.1, 0.15) is 5.69 Å². The summed E-state index contributed by atoms with van der Waals surface area (Å²) in [6.45, 7) is 0.441. The van der Waals surface area contributed by atoms with Crippen molar-refractivity contribution in [3.05, 3.63) is 54.7 Å². The highest BCUT2D eigenvalue weighted by Crippen LogP contribution is 2.28. The third-order valence-corrected chi connectivity index (χ3v) is 4.74. The molecule has 2 N–H and O–H groups in total. The van der Waals surface area contributed by atoms with Crippen LogP contribution in [0.4, 0.5) is 11.4 Å². The highest BCUT2D eigenvalue weighted by atomic mass is 79.9. The first-order chi connectivity index (χ1) is 10.0. The zero-order valence-corrected chi connectivity index (χ0v) is 13.5. The van der Waals surface area contributed by atoms with Gasteiger partial charge in [0.2, 0.25) is 0 Å². The SMILES string of the molecule is CNC(=O)c1ccc([N+](=O)[O-])c(NCc2sccc2Br)c1. The first-order valence-corrected chi connectivity index (χ1v) is 7.66. The molecule has 8 heteroatoms. The predicted octanol–water partition coefficient (Wildman–Crippen LogP) is 3.39. The number of hydrogen-bond donors (Lipinski definition) is 2. The molecule has 6 nitrogen and oxygen atoms in total. The van der Waals surface area contributed by atoms with Gasteiger partial charge in [-0.25, -0.2) is 0 Å². The Bertz CT molecular complexity index is 687. The number of nitrogens with zero attached hydrogens (tertiary/aromatic N) is 1. The van der Waals surface area contributed by atoms with E-state index in [2.05, 4.69) is 26.6 Å².